The minimum Gasteiger partial charge on any atom is -0.158 e. The monoisotopic (exact) mass is 128 g/mol. The van der Waals surface area contributed by atoms with E-state index in [1.54, 1.807) is 6.20 Å². The molecule has 46 valence electrons. The molecule has 0 aliphatic heterocycles. The molecule has 0 unspecified atom stereocenters. The van der Waals surface area contributed by atoms with Crippen LogP contribution in [0.4, 0.5) is 0 Å². The Hall–Kier alpha value is -1.44. The minimum absolute atomic E-state index is 1.01. The van der Waals surface area contributed by atoms with Gasteiger partial charge >= 0.3 is 0 Å². The second-order valence-corrected chi connectivity index (χ2v) is 2.53. The van der Waals surface area contributed by atoms with E-state index in [1.807, 2.05) is 0 Å². The largest absolute Gasteiger partial charge is 0.158 e. The number of hydrogen-bond acceptors (Lipinski definition) is 2. The van der Waals surface area contributed by atoms with Crippen LogP contribution in [0.2, 0.25) is 0 Å². The van der Waals surface area contributed by atoms with Gasteiger partial charge in [-0.1, -0.05) is 0 Å². The molecule has 0 fully saturated rings. The van der Waals surface area contributed by atoms with Crippen molar-refractivity contribution in [3.8, 4) is 0 Å². The molecule has 3 rings (SSSR count). The summed E-state index contributed by atoms with van der Waals surface area (Å²) < 4.78 is 0. The summed E-state index contributed by atoms with van der Waals surface area (Å²) in [5, 5.41) is 11.5. The normalized spacial score (nSPS) is 12.0. The van der Waals surface area contributed by atoms with E-state index in [1.165, 1.54) is 10.8 Å². The molecule has 0 N–H and O–H groups in total. The predicted octanol–water partition coefficient (Wildman–Crippen LogP) is 1.66. The number of benzene rings is 1. The van der Waals surface area contributed by atoms with E-state index in [0.29, 0.717) is 0 Å². The van der Waals surface area contributed by atoms with Crippen molar-refractivity contribution in [3.05, 3.63) is 24.4 Å². The average molecular weight is 128 g/mol. The Bertz CT molecular complexity index is 421. The Morgan fingerprint density at radius 3 is 2.70 bits per heavy atom. The van der Waals surface area contributed by atoms with Crippen LogP contribution in [0, 0.1) is 0 Å². The molecular formula is C8H4N2. The van der Waals surface area contributed by atoms with Crippen molar-refractivity contribution in [1.82, 2.24) is 10.2 Å². The van der Waals surface area contributed by atoms with Crippen molar-refractivity contribution < 1.29 is 0 Å². The van der Waals surface area contributed by atoms with Gasteiger partial charge in [0.1, 0.15) is 0 Å². The van der Waals surface area contributed by atoms with Gasteiger partial charge in [-0.2, -0.15) is 10.2 Å². The summed E-state index contributed by atoms with van der Waals surface area (Å²) >= 11 is 0. The first-order valence-corrected chi connectivity index (χ1v) is 3.20. The summed E-state index contributed by atoms with van der Waals surface area (Å²) in [6.07, 6.45) is 1.79. The number of rotatable bonds is 0. The molecule has 0 spiro atoms. The van der Waals surface area contributed by atoms with E-state index in [9.17, 15) is 0 Å². The molecular weight excluding hydrogens is 124 g/mol. The molecule has 0 aliphatic rings. The van der Waals surface area contributed by atoms with Crippen molar-refractivity contribution >= 4 is 21.7 Å². The maximum atomic E-state index is 3.94. The Morgan fingerprint density at radius 2 is 1.70 bits per heavy atom. The van der Waals surface area contributed by atoms with Gasteiger partial charge in [-0.15, -0.1) is 0 Å². The van der Waals surface area contributed by atoms with Crippen molar-refractivity contribution in [2.45, 2.75) is 0 Å². The summed E-state index contributed by atoms with van der Waals surface area (Å²) in [5.41, 5.74) is 1.01. The third-order valence-corrected chi connectivity index (χ3v) is 1.82. The number of aromatic nitrogens is 2. The van der Waals surface area contributed by atoms with Crippen LogP contribution < -0.4 is 0 Å². The molecule has 2 aromatic carbocycles. The Labute approximate surface area is 57.2 Å². The van der Waals surface area contributed by atoms with E-state index in [-0.39, 0.29) is 0 Å². The lowest BCUT2D eigenvalue weighted by molar-refractivity contribution is 1.12. The van der Waals surface area contributed by atoms with E-state index in [4.69, 9.17) is 0 Å². The summed E-state index contributed by atoms with van der Waals surface area (Å²) in [6.45, 7) is 0. The lowest BCUT2D eigenvalue weighted by atomic mass is 10.3. The number of hydrogen-bond donors (Lipinski definition) is 0. The molecule has 0 radical (unpaired) electrons. The van der Waals surface area contributed by atoms with Crippen molar-refractivity contribution in [3.63, 3.8) is 0 Å². The molecule has 0 saturated carbocycles. The first-order chi connectivity index (χ1) is 4.93. The van der Waals surface area contributed by atoms with Gasteiger partial charge in [0.05, 0.1) is 11.7 Å². The molecule has 1 aromatic heterocycles. The molecule has 0 amide bonds. The van der Waals surface area contributed by atoms with E-state index in [0.717, 1.165) is 10.9 Å². The van der Waals surface area contributed by atoms with E-state index >= 15 is 0 Å². The Morgan fingerprint density at radius 1 is 0.900 bits per heavy atom. The van der Waals surface area contributed by atoms with Gasteiger partial charge in [-0.25, -0.2) is 0 Å². The predicted molar refractivity (Wildman–Crippen MR) is 39.4 cm³/mol. The van der Waals surface area contributed by atoms with Crippen LogP contribution in [-0.4, -0.2) is 10.2 Å². The summed E-state index contributed by atoms with van der Waals surface area (Å²) in [4.78, 5) is 0. The van der Waals surface area contributed by atoms with Gasteiger partial charge in [0.2, 0.25) is 0 Å². The van der Waals surface area contributed by atoms with Crippen LogP contribution in [-0.2, 0) is 0 Å². The fourth-order valence-corrected chi connectivity index (χ4v) is 1.20. The molecule has 3 aromatic rings. The van der Waals surface area contributed by atoms with Gasteiger partial charge in [0.25, 0.3) is 0 Å². The second-order valence-electron chi connectivity index (χ2n) is 2.53. The van der Waals surface area contributed by atoms with Gasteiger partial charge in [-0.05, 0) is 29.0 Å². The SMILES string of the molecule is c1c2cc3cnnc3cc12. The van der Waals surface area contributed by atoms with Crippen LogP contribution in [0.3, 0.4) is 0 Å². The molecule has 1 heterocycles. The van der Waals surface area contributed by atoms with Gasteiger partial charge in [0, 0.05) is 5.39 Å². The number of nitrogens with zero attached hydrogens (tertiary/aromatic N) is 2. The Balaban J connectivity index is 2.67. The zero-order valence-electron chi connectivity index (χ0n) is 5.20. The molecule has 0 saturated heterocycles. The first-order valence-electron chi connectivity index (χ1n) is 3.20. The third kappa shape index (κ3) is 0.398. The zero-order valence-corrected chi connectivity index (χ0v) is 5.20. The smallest absolute Gasteiger partial charge is 0.0951 e. The van der Waals surface area contributed by atoms with Crippen molar-refractivity contribution in [2.24, 2.45) is 0 Å². The maximum Gasteiger partial charge on any atom is 0.0951 e. The minimum atomic E-state index is 1.01. The van der Waals surface area contributed by atoms with Crippen molar-refractivity contribution in [2.75, 3.05) is 0 Å². The number of fused-ring (bicyclic) bond motifs is 2. The van der Waals surface area contributed by atoms with Crippen LogP contribution in [0.1, 0.15) is 0 Å². The standard InChI is InChI=1S/C8H4N2/c1-5-2-7-4-9-10-8(7)3-6(1)5/h1-4H. The second kappa shape index (κ2) is 1.19. The van der Waals surface area contributed by atoms with E-state index in [2.05, 4.69) is 28.4 Å². The highest BCUT2D eigenvalue weighted by atomic mass is 15.1. The van der Waals surface area contributed by atoms with Crippen LogP contribution in [0.25, 0.3) is 21.7 Å². The average Bonchev–Trinajstić information content (AvgIpc) is 2.52. The van der Waals surface area contributed by atoms with Crippen LogP contribution in [0.15, 0.2) is 24.4 Å². The maximum absolute atomic E-state index is 3.94. The molecule has 2 heteroatoms. The molecule has 10 heavy (non-hydrogen) atoms. The molecule has 0 bridgehead atoms. The van der Waals surface area contributed by atoms with E-state index < -0.39 is 0 Å². The molecule has 0 atom stereocenters. The fourth-order valence-electron chi connectivity index (χ4n) is 1.20. The lowest BCUT2D eigenvalue weighted by Crippen LogP contribution is -1.62. The topological polar surface area (TPSA) is 25.8 Å². The van der Waals surface area contributed by atoms with Gasteiger partial charge < -0.3 is 0 Å². The fraction of sp³-hybridized carbons (Fsp3) is 0. The van der Waals surface area contributed by atoms with Crippen LogP contribution in [0.5, 0.6) is 0 Å². The summed E-state index contributed by atoms with van der Waals surface area (Å²) in [6, 6.07) is 6.32. The summed E-state index contributed by atoms with van der Waals surface area (Å²) in [5.74, 6) is 0. The quantitative estimate of drug-likeness (QED) is 0.460. The highest BCUT2D eigenvalue weighted by molar-refractivity contribution is 6.06. The molecule has 2 nitrogen and oxygen atoms in total. The summed E-state index contributed by atoms with van der Waals surface area (Å²) in [7, 11) is 0. The highest BCUT2D eigenvalue weighted by Gasteiger charge is 2.04. The Kier molecular flexibility index (Phi) is 0.520. The van der Waals surface area contributed by atoms with Crippen LogP contribution >= 0.6 is 0 Å². The van der Waals surface area contributed by atoms with Gasteiger partial charge in [-0.3, -0.25) is 0 Å². The highest BCUT2D eigenvalue weighted by Crippen LogP contribution is 2.27. The molecule has 0 aliphatic carbocycles. The lowest BCUT2D eigenvalue weighted by Gasteiger charge is -1.78. The van der Waals surface area contributed by atoms with Crippen molar-refractivity contribution in [1.29, 1.82) is 0 Å². The zero-order chi connectivity index (χ0) is 6.55. The third-order valence-electron chi connectivity index (χ3n) is 1.82. The van der Waals surface area contributed by atoms with Gasteiger partial charge in [0.15, 0.2) is 0 Å². The first kappa shape index (κ1) is 4.39.